The summed E-state index contributed by atoms with van der Waals surface area (Å²) in [6.07, 6.45) is 0.719. The molecule has 72 valence electrons. The normalized spacial score (nSPS) is 11.6. The summed E-state index contributed by atoms with van der Waals surface area (Å²) in [6, 6.07) is 4.76. The van der Waals surface area contributed by atoms with E-state index in [-0.39, 0.29) is 9.79 Å². The Hall–Kier alpha value is -0.520. The van der Waals surface area contributed by atoms with Gasteiger partial charge < -0.3 is 0 Å². The lowest BCUT2D eigenvalue weighted by molar-refractivity contribution is 0.481. The van der Waals surface area contributed by atoms with Gasteiger partial charge in [0, 0.05) is 4.90 Å². The van der Waals surface area contributed by atoms with Gasteiger partial charge in [-0.2, -0.15) is 8.42 Å². The fourth-order valence-corrected chi connectivity index (χ4v) is 2.10. The van der Waals surface area contributed by atoms with Crippen LogP contribution in [0.15, 0.2) is 28.0 Å². The quantitative estimate of drug-likeness (QED) is 0.587. The van der Waals surface area contributed by atoms with Gasteiger partial charge in [0.2, 0.25) is 0 Å². The number of aryl methyl sites for hydroxylation is 1. The minimum atomic E-state index is -4.14. The third-order valence-electron chi connectivity index (χ3n) is 1.71. The Bertz CT molecular complexity index is 409. The van der Waals surface area contributed by atoms with Crippen molar-refractivity contribution in [2.45, 2.75) is 23.1 Å². The van der Waals surface area contributed by atoms with Crippen molar-refractivity contribution in [2.24, 2.45) is 0 Å². The lowest BCUT2D eigenvalue weighted by Gasteiger charge is -2.03. The van der Waals surface area contributed by atoms with Crippen molar-refractivity contribution < 1.29 is 13.0 Å². The first kappa shape index (κ1) is 10.6. The highest BCUT2D eigenvalue weighted by atomic mass is 32.2. The van der Waals surface area contributed by atoms with Crippen molar-refractivity contribution >= 4 is 22.7 Å². The average molecular weight is 218 g/mol. The molecular formula is C8H10O3S2. The molecule has 1 rings (SSSR count). The molecule has 0 radical (unpaired) electrons. The van der Waals surface area contributed by atoms with Gasteiger partial charge in [-0.25, -0.2) is 0 Å². The van der Waals surface area contributed by atoms with Crippen molar-refractivity contribution in [3.8, 4) is 0 Å². The average Bonchev–Trinajstić information content (AvgIpc) is 2.03. The molecule has 0 heterocycles. The van der Waals surface area contributed by atoms with Crippen LogP contribution >= 0.6 is 12.6 Å². The SMILES string of the molecule is CCc1ccc(S)c(S(=O)(=O)O)c1. The Balaban J connectivity index is 3.36. The number of benzene rings is 1. The van der Waals surface area contributed by atoms with Gasteiger partial charge in [-0.3, -0.25) is 4.55 Å². The van der Waals surface area contributed by atoms with Crippen molar-refractivity contribution in [1.82, 2.24) is 0 Å². The first-order valence-corrected chi connectivity index (χ1v) is 5.63. The molecule has 0 saturated heterocycles. The first-order chi connectivity index (χ1) is 5.95. The van der Waals surface area contributed by atoms with Crippen molar-refractivity contribution in [3.63, 3.8) is 0 Å². The third-order valence-corrected chi connectivity index (χ3v) is 3.15. The second-order valence-electron chi connectivity index (χ2n) is 2.63. The number of hydrogen-bond donors (Lipinski definition) is 2. The summed E-state index contributed by atoms with van der Waals surface area (Å²) < 4.78 is 30.5. The molecule has 1 aromatic carbocycles. The minimum Gasteiger partial charge on any atom is -0.282 e. The maximum absolute atomic E-state index is 10.8. The van der Waals surface area contributed by atoms with Gasteiger partial charge in [-0.1, -0.05) is 13.0 Å². The van der Waals surface area contributed by atoms with Crippen LogP contribution in [0.5, 0.6) is 0 Å². The molecule has 1 N–H and O–H groups in total. The van der Waals surface area contributed by atoms with Gasteiger partial charge >= 0.3 is 0 Å². The van der Waals surface area contributed by atoms with Crippen LogP contribution in [0.25, 0.3) is 0 Å². The van der Waals surface area contributed by atoms with E-state index in [0.717, 1.165) is 12.0 Å². The van der Waals surface area contributed by atoms with E-state index in [1.54, 1.807) is 12.1 Å². The Morgan fingerprint density at radius 2 is 2.08 bits per heavy atom. The van der Waals surface area contributed by atoms with Crippen molar-refractivity contribution in [1.29, 1.82) is 0 Å². The van der Waals surface area contributed by atoms with Crippen LogP contribution in [0.2, 0.25) is 0 Å². The highest BCUT2D eigenvalue weighted by molar-refractivity contribution is 7.87. The summed E-state index contributed by atoms with van der Waals surface area (Å²) in [4.78, 5) is 0.134. The van der Waals surface area contributed by atoms with Crippen molar-refractivity contribution in [2.75, 3.05) is 0 Å². The maximum atomic E-state index is 10.8. The first-order valence-electron chi connectivity index (χ1n) is 3.74. The second kappa shape index (κ2) is 3.69. The topological polar surface area (TPSA) is 54.4 Å². The fourth-order valence-electron chi connectivity index (χ4n) is 0.985. The zero-order chi connectivity index (χ0) is 10.1. The summed E-state index contributed by atoms with van der Waals surface area (Å²) >= 11 is 3.94. The van der Waals surface area contributed by atoms with E-state index >= 15 is 0 Å². The van der Waals surface area contributed by atoms with Gasteiger partial charge in [0.05, 0.1) is 0 Å². The van der Waals surface area contributed by atoms with Gasteiger partial charge in [0.15, 0.2) is 0 Å². The summed E-state index contributed by atoms with van der Waals surface area (Å²) in [5.41, 5.74) is 0.852. The molecule has 0 aliphatic heterocycles. The largest absolute Gasteiger partial charge is 0.295 e. The minimum absolute atomic E-state index is 0.129. The zero-order valence-corrected chi connectivity index (χ0v) is 8.77. The molecule has 0 aromatic heterocycles. The van der Waals surface area contributed by atoms with E-state index in [2.05, 4.69) is 12.6 Å². The Morgan fingerprint density at radius 3 is 2.54 bits per heavy atom. The van der Waals surface area contributed by atoms with E-state index in [1.165, 1.54) is 6.07 Å². The standard InChI is InChI=1S/C8H10O3S2/c1-2-6-3-4-7(12)8(5-6)13(9,10)11/h3-5,12H,2H2,1H3,(H,9,10,11). The third kappa shape index (κ3) is 2.46. The van der Waals surface area contributed by atoms with E-state index in [0.29, 0.717) is 0 Å². The second-order valence-corrected chi connectivity index (χ2v) is 4.50. The Labute approximate surface area is 82.9 Å². The predicted molar refractivity (Wildman–Crippen MR) is 52.9 cm³/mol. The molecule has 13 heavy (non-hydrogen) atoms. The van der Waals surface area contributed by atoms with Crippen LogP contribution in [0.4, 0.5) is 0 Å². The van der Waals surface area contributed by atoms with Gasteiger partial charge in [-0.05, 0) is 24.1 Å². The molecule has 0 amide bonds. The van der Waals surface area contributed by atoms with Crippen LogP contribution in [0.1, 0.15) is 12.5 Å². The molecular weight excluding hydrogens is 208 g/mol. The summed E-state index contributed by atoms with van der Waals surface area (Å²) in [5, 5.41) is 0. The Morgan fingerprint density at radius 1 is 1.46 bits per heavy atom. The van der Waals surface area contributed by atoms with E-state index in [4.69, 9.17) is 4.55 Å². The fraction of sp³-hybridized carbons (Fsp3) is 0.250. The summed E-state index contributed by atoms with van der Waals surface area (Å²) in [5.74, 6) is 0. The van der Waals surface area contributed by atoms with Crippen LogP contribution in [-0.4, -0.2) is 13.0 Å². The van der Waals surface area contributed by atoms with Gasteiger partial charge in [0.25, 0.3) is 10.1 Å². The van der Waals surface area contributed by atoms with E-state index in [1.807, 2.05) is 6.92 Å². The predicted octanol–water partition coefficient (Wildman–Crippen LogP) is 1.78. The summed E-state index contributed by atoms with van der Waals surface area (Å²) in [6.45, 7) is 1.90. The molecule has 0 aliphatic rings. The molecule has 0 aliphatic carbocycles. The molecule has 1 aromatic rings. The summed E-state index contributed by atoms with van der Waals surface area (Å²) in [7, 11) is -4.14. The van der Waals surface area contributed by atoms with Gasteiger partial charge in [-0.15, -0.1) is 12.6 Å². The number of hydrogen-bond acceptors (Lipinski definition) is 3. The zero-order valence-electron chi connectivity index (χ0n) is 7.06. The Kier molecular flexibility index (Phi) is 3.00. The molecule has 0 fully saturated rings. The maximum Gasteiger partial charge on any atom is 0.295 e. The van der Waals surface area contributed by atoms with E-state index < -0.39 is 10.1 Å². The molecule has 0 spiro atoms. The number of rotatable bonds is 2. The van der Waals surface area contributed by atoms with E-state index in [9.17, 15) is 8.42 Å². The molecule has 3 nitrogen and oxygen atoms in total. The van der Waals surface area contributed by atoms with Crippen LogP contribution in [0, 0.1) is 0 Å². The highest BCUT2D eigenvalue weighted by Gasteiger charge is 2.13. The van der Waals surface area contributed by atoms with Crippen molar-refractivity contribution in [3.05, 3.63) is 23.8 Å². The molecule has 0 saturated carbocycles. The number of thiol groups is 1. The lowest BCUT2D eigenvalue weighted by Crippen LogP contribution is -2.00. The van der Waals surface area contributed by atoms with Crippen LogP contribution < -0.4 is 0 Å². The molecule has 0 bridgehead atoms. The lowest BCUT2D eigenvalue weighted by atomic mass is 10.2. The van der Waals surface area contributed by atoms with Crippen LogP contribution in [0.3, 0.4) is 0 Å². The monoisotopic (exact) mass is 218 g/mol. The highest BCUT2D eigenvalue weighted by Crippen LogP contribution is 2.20. The van der Waals surface area contributed by atoms with Gasteiger partial charge in [0.1, 0.15) is 4.90 Å². The molecule has 5 heteroatoms. The molecule has 0 unspecified atom stereocenters. The molecule has 0 atom stereocenters. The van der Waals surface area contributed by atoms with Crippen LogP contribution in [-0.2, 0) is 16.5 Å². The smallest absolute Gasteiger partial charge is 0.282 e.